The molecule has 1 fully saturated rings. The summed E-state index contributed by atoms with van der Waals surface area (Å²) in [7, 11) is 4.07. The first kappa shape index (κ1) is 26.1. The summed E-state index contributed by atoms with van der Waals surface area (Å²) >= 11 is 1.79. The highest BCUT2D eigenvalue weighted by molar-refractivity contribution is 14.0. The van der Waals surface area contributed by atoms with Gasteiger partial charge in [-0.25, -0.2) is 0 Å². The van der Waals surface area contributed by atoms with Gasteiger partial charge in [0.25, 0.3) is 0 Å². The Morgan fingerprint density at radius 2 is 1.94 bits per heavy atom. The molecular formula is C24H38IN5S. The van der Waals surface area contributed by atoms with E-state index in [4.69, 9.17) is 0 Å². The van der Waals surface area contributed by atoms with Gasteiger partial charge in [-0.1, -0.05) is 30.3 Å². The standard InChI is InChI=1S/C24H37N5S.HI/c1-20(28(3)17-21-7-5-4-6-8-21)9-13-26-24(25-2)27-23-10-14-29(15-11-23)18-22-12-16-30-19-22;/h4-8,12,16,19-20,23H,9-11,13-15,17-18H2,1-3H3,(H2,25,26,27);1H. The van der Waals surface area contributed by atoms with Crippen molar-refractivity contribution in [2.45, 2.75) is 51.4 Å². The van der Waals surface area contributed by atoms with Crippen LogP contribution in [0.5, 0.6) is 0 Å². The maximum atomic E-state index is 4.44. The van der Waals surface area contributed by atoms with Gasteiger partial charge in [0.15, 0.2) is 5.96 Å². The molecule has 0 saturated carbocycles. The van der Waals surface area contributed by atoms with Gasteiger partial charge in [0.05, 0.1) is 0 Å². The van der Waals surface area contributed by atoms with Gasteiger partial charge >= 0.3 is 0 Å². The third kappa shape index (κ3) is 9.08. The number of likely N-dealkylation sites (tertiary alicyclic amines) is 1. The predicted molar refractivity (Wildman–Crippen MR) is 145 cm³/mol. The summed E-state index contributed by atoms with van der Waals surface area (Å²) in [5.74, 6) is 0.934. The van der Waals surface area contributed by atoms with Crippen LogP contribution in [-0.2, 0) is 13.1 Å². The van der Waals surface area contributed by atoms with E-state index in [2.05, 4.69) is 86.6 Å². The number of hydrogen-bond acceptors (Lipinski definition) is 4. The minimum Gasteiger partial charge on any atom is -0.356 e. The number of nitrogens with zero attached hydrogens (tertiary/aromatic N) is 3. The minimum atomic E-state index is 0. The lowest BCUT2D eigenvalue weighted by Gasteiger charge is -2.33. The normalized spacial score (nSPS) is 16.7. The first-order valence-corrected chi connectivity index (χ1v) is 12.0. The average Bonchev–Trinajstić information content (AvgIpc) is 3.28. The largest absolute Gasteiger partial charge is 0.356 e. The molecule has 2 aromatic rings. The van der Waals surface area contributed by atoms with E-state index in [1.165, 1.54) is 24.0 Å². The molecule has 0 aliphatic carbocycles. The van der Waals surface area contributed by atoms with Gasteiger partial charge in [-0.05, 0) is 61.2 Å². The molecule has 0 radical (unpaired) electrons. The third-order valence-electron chi connectivity index (χ3n) is 6.02. The fourth-order valence-corrected chi connectivity index (χ4v) is 4.57. The molecule has 172 valence electrons. The summed E-state index contributed by atoms with van der Waals surface area (Å²) in [4.78, 5) is 9.41. The van der Waals surface area contributed by atoms with Gasteiger partial charge in [-0.2, -0.15) is 11.3 Å². The molecule has 1 unspecified atom stereocenters. The third-order valence-corrected chi connectivity index (χ3v) is 6.75. The van der Waals surface area contributed by atoms with Gasteiger partial charge in [-0.3, -0.25) is 14.8 Å². The SMILES string of the molecule is CN=C(NCCC(C)N(C)Cc1ccccc1)NC1CCN(Cc2ccsc2)CC1.I. The molecule has 31 heavy (non-hydrogen) atoms. The molecule has 1 aromatic heterocycles. The number of guanidine groups is 1. The lowest BCUT2D eigenvalue weighted by atomic mass is 10.0. The number of benzene rings is 1. The van der Waals surface area contributed by atoms with E-state index in [0.29, 0.717) is 12.1 Å². The number of piperidine rings is 1. The van der Waals surface area contributed by atoms with Crippen molar-refractivity contribution < 1.29 is 0 Å². The van der Waals surface area contributed by atoms with Crippen molar-refractivity contribution in [3.8, 4) is 0 Å². The molecule has 3 rings (SSSR count). The molecule has 0 amide bonds. The molecule has 0 bridgehead atoms. The van der Waals surface area contributed by atoms with Gasteiger partial charge in [0, 0.05) is 51.9 Å². The van der Waals surface area contributed by atoms with Crippen molar-refractivity contribution >= 4 is 41.3 Å². The number of nitrogens with one attached hydrogen (secondary N) is 2. The van der Waals surface area contributed by atoms with Crippen LogP contribution >= 0.6 is 35.3 Å². The lowest BCUT2D eigenvalue weighted by Crippen LogP contribution is -2.49. The zero-order chi connectivity index (χ0) is 21.2. The fraction of sp³-hybridized carbons (Fsp3) is 0.542. The quantitative estimate of drug-likeness (QED) is 0.274. The molecule has 1 aliphatic rings. The topological polar surface area (TPSA) is 42.9 Å². The van der Waals surface area contributed by atoms with Crippen LogP contribution in [0.4, 0.5) is 0 Å². The Bertz CT molecular complexity index is 745. The van der Waals surface area contributed by atoms with Crippen molar-refractivity contribution in [1.29, 1.82) is 0 Å². The number of aliphatic imine (C=N–C) groups is 1. The number of thiophene rings is 1. The first-order valence-electron chi connectivity index (χ1n) is 11.1. The van der Waals surface area contributed by atoms with Gasteiger partial charge in [0.2, 0.25) is 0 Å². The summed E-state index contributed by atoms with van der Waals surface area (Å²) < 4.78 is 0. The van der Waals surface area contributed by atoms with Crippen molar-refractivity contribution in [3.05, 3.63) is 58.3 Å². The fourth-order valence-electron chi connectivity index (χ4n) is 3.91. The highest BCUT2D eigenvalue weighted by Gasteiger charge is 2.20. The van der Waals surface area contributed by atoms with E-state index in [1.807, 2.05) is 7.05 Å². The molecule has 1 aliphatic heterocycles. The smallest absolute Gasteiger partial charge is 0.191 e. The number of hydrogen-bond donors (Lipinski definition) is 2. The van der Waals surface area contributed by atoms with Crippen molar-refractivity contribution in [2.24, 2.45) is 4.99 Å². The Hall–Kier alpha value is -1.16. The van der Waals surface area contributed by atoms with Crippen LogP contribution in [0.15, 0.2) is 52.2 Å². The molecule has 7 heteroatoms. The second-order valence-electron chi connectivity index (χ2n) is 8.36. The Labute approximate surface area is 209 Å². The van der Waals surface area contributed by atoms with Crippen LogP contribution < -0.4 is 10.6 Å². The summed E-state index contributed by atoms with van der Waals surface area (Å²) in [6.45, 7) is 7.58. The Balaban J connectivity index is 0.00000341. The summed E-state index contributed by atoms with van der Waals surface area (Å²) in [5.41, 5.74) is 2.80. The first-order chi connectivity index (χ1) is 14.6. The second-order valence-corrected chi connectivity index (χ2v) is 9.14. The summed E-state index contributed by atoms with van der Waals surface area (Å²) in [6, 6.07) is 13.9. The van der Waals surface area contributed by atoms with E-state index in [0.717, 1.165) is 45.1 Å². The average molecular weight is 556 g/mol. The summed E-state index contributed by atoms with van der Waals surface area (Å²) in [5, 5.41) is 11.6. The molecular weight excluding hydrogens is 517 g/mol. The Morgan fingerprint density at radius 1 is 1.19 bits per heavy atom. The maximum absolute atomic E-state index is 4.44. The van der Waals surface area contributed by atoms with Gasteiger partial charge in [0.1, 0.15) is 0 Å². The van der Waals surface area contributed by atoms with E-state index >= 15 is 0 Å². The molecule has 5 nitrogen and oxygen atoms in total. The Morgan fingerprint density at radius 3 is 2.58 bits per heavy atom. The van der Waals surface area contributed by atoms with E-state index in [-0.39, 0.29) is 24.0 Å². The molecule has 1 atom stereocenters. The predicted octanol–water partition coefficient (Wildman–Crippen LogP) is 4.41. The molecule has 2 heterocycles. The van der Waals surface area contributed by atoms with E-state index < -0.39 is 0 Å². The molecule has 1 aromatic carbocycles. The number of rotatable bonds is 9. The van der Waals surface area contributed by atoms with Crippen molar-refractivity contribution in [3.63, 3.8) is 0 Å². The van der Waals surface area contributed by atoms with Crippen LogP contribution in [-0.4, -0.2) is 61.6 Å². The van der Waals surface area contributed by atoms with Crippen LogP contribution in [0.1, 0.15) is 37.3 Å². The van der Waals surface area contributed by atoms with Crippen molar-refractivity contribution in [1.82, 2.24) is 20.4 Å². The number of halogens is 1. The Kier molecular flexibility index (Phi) is 11.9. The zero-order valence-corrected chi connectivity index (χ0v) is 22.2. The maximum Gasteiger partial charge on any atom is 0.191 e. The highest BCUT2D eigenvalue weighted by atomic mass is 127. The van der Waals surface area contributed by atoms with Crippen LogP contribution in [0.25, 0.3) is 0 Å². The minimum absolute atomic E-state index is 0. The van der Waals surface area contributed by atoms with E-state index in [9.17, 15) is 0 Å². The second kappa shape index (κ2) is 14.1. The molecule has 1 saturated heterocycles. The van der Waals surface area contributed by atoms with Crippen LogP contribution in [0.3, 0.4) is 0 Å². The van der Waals surface area contributed by atoms with Crippen LogP contribution in [0.2, 0.25) is 0 Å². The van der Waals surface area contributed by atoms with Gasteiger partial charge < -0.3 is 10.6 Å². The molecule has 2 N–H and O–H groups in total. The van der Waals surface area contributed by atoms with E-state index in [1.54, 1.807) is 11.3 Å². The lowest BCUT2D eigenvalue weighted by molar-refractivity contribution is 0.198. The molecule has 0 spiro atoms. The zero-order valence-electron chi connectivity index (χ0n) is 19.1. The van der Waals surface area contributed by atoms with Crippen molar-refractivity contribution in [2.75, 3.05) is 33.7 Å². The summed E-state index contributed by atoms with van der Waals surface area (Å²) in [6.07, 6.45) is 3.42. The van der Waals surface area contributed by atoms with Crippen LogP contribution in [0, 0.1) is 0 Å². The monoisotopic (exact) mass is 555 g/mol. The highest BCUT2D eigenvalue weighted by Crippen LogP contribution is 2.15. The van der Waals surface area contributed by atoms with Gasteiger partial charge in [-0.15, -0.1) is 24.0 Å².